The van der Waals surface area contributed by atoms with E-state index in [1.165, 1.54) is 0 Å². The number of aromatic nitrogens is 4. The third-order valence-electron chi connectivity index (χ3n) is 3.50. The second-order valence-corrected chi connectivity index (χ2v) is 5.04. The summed E-state index contributed by atoms with van der Waals surface area (Å²) in [6.07, 6.45) is 3.49. The van der Waals surface area contributed by atoms with Crippen molar-refractivity contribution >= 4 is 23.2 Å². The van der Waals surface area contributed by atoms with Gasteiger partial charge in [0.25, 0.3) is 5.91 Å². The van der Waals surface area contributed by atoms with Crippen LogP contribution in [0.5, 0.6) is 0 Å². The molecule has 0 saturated carbocycles. The van der Waals surface area contributed by atoms with Crippen molar-refractivity contribution in [3.63, 3.8) is 0 Å². The molecule has 1 amide bonds. The molecule has 0 aromatic carbocycles. The second-order valence-electron chi connectivity index (χ2n) is 4.67. The van der Waals surface area contributed by atoms with E-state index in [0.717, 1.165) is 29.9 Å². The van der Waals surface area contributed by atoms with E-state index >= 15 is 0 Å². The van der Waals surface area contributed by atoms with E-state index in [9.17, 15) is 4.79 Å². The first-order chi connectivity index (χ1) is 9.09. The Hall–Kier alpha value is -1.82. The van der Waals surface area contributed by atoms with Crippen LogP contribution in [0.1, 0.15) is 28.3 Å². The number of hydrogen-bond acceptors (Lipinski definition) is 3. The zero-order valence-corrected chi connectivity index (χ0v) is 11.5. The maximum absolute atomic E-state index is 12.6. The lowest BCUT2D eigenvalue weighted by atomic mass is 10.1. The van der Waals surface area contributed by atoms with Gasteiger partial charge in [0.1, 0.15) is 0 Å². The van der Waals surface area contributed by atoms with E-state index in [1.54, 1.807) is 22.8 Å². The zero-order valence-electron chi connectivity index (χ0n) is 10.8. The molecule has 0 fully saturated rings. The number of aryl methyl sites for hydroxylation is 2. The first-order valence-corrected chi connectivity index (χ1v) is 6.50. The Morgan fingerprint density at radius 2 is 2.32 bits per heavy atom. The monoisotopic (exact) mass is 279 g/mol. The Morgan fingerprint density at radius 3 is 3.00 bits per heavy atom. The zero-order chi connectivity index (χ0) is 13.6. The molecule has 0 aliphatic carbocycles. The largest absolute Gasteiger partial charge is 0.304 e. The first kappa shape index (κ1) is 12.2. The summed E-state index contributed by atoms with van der Waals surface area (Å²) in [4.78, 5) is 14.3. The van der Waals surface area contributed by atoms with Crippen LogP contribution in [0, 0.1) is 6.92 Å². The molecule has 0 bridgehead atoms. The topological polar surface area (TPSA) is 66.8 Å². The number of nitrogens with zero attached hydrogens (tertiary/aromatic N) is 4. The van der Waals surface area contributed by atoms with Gasteiger partial charge < -0.3 is 4.90 Å². The summed E-state index contributed by atoms with van der Waals surface area (Å²) >= 11 is 6.17. The maximum atomic E-state index is 12.6. The van der Waals surface area contributed by atoms with Gasteiger partial charge in [-0.25, -0.2) is 0 Å². The predicted molar refractivity (Wildman–Crippen MR) is 71.5 cm³/mol. The average Bonchev–Trinajstić information content (AvgIpc) is 2.98. The number of rotatable bonds is 1. The summed E-state index contributed by atoms with van der Waals surface area (Å²) < 4.78 is 1.62. The van der Waals surface area contributed by atoms with Crippen LogP contribution in [0.25, 0.3) is 0 Å². The number of hydrogen-bond donors (Lipinski definition) is 1. The summed E-state index contributed by atoms with van der Waals surface area (Å²) in [5.41, 5.74) is 2.91. The van der Waals surface area contributed by atoms with E-state index < -0.39 is 0 Å². The molecule has 3 rings (SSSR count). The Kier molecular flexibility index (Phi) is 2.82. The van der Waals surface area contributed by atoms with Gasteiger partial charge in [0.05, 0.1) is 28.3 Å². The van der Waals surface area contributed by atoms with E-state index in [-0.39, 0.29) is 5.91 Å². The number of halogens is 1. The minimum atomic E-state index is -0.170. The fraction of sp³-hybridized carbons (Fsp3) is 0.417. The van der Waals surface area contributed by atoms with Gasteiger partial charge in [-0.1, -0.05) is 11.6 Å². The van der Waals surface area contributed by atoms with Gasteiger partial charge in [0, 0.05) is 13.6 Å². The molecule has 3 heterocycles. The summed E-state index contributed by atoms with van der Waals surface area (Å²) in [5, 5.41) is 11.5. The van der Waals surface area contributed by atoms with Crippen LogP contribution in [0.15, 0.2) is 6.20 Å². The standard InChI is InChI=1S/C12H14ClN5O/c1-7-10(13)11(16-17(7)2)12(19)18-5-3-4-8-9(18)6-14-15-8/h6H,3-5H2,1-2H3,(H,14,15). The van der Waals surface area contributed by atoms with Crippen LogP contribution < -0.4 is 4.90 Å². The molecule has 0 saturated heterocycles. The highest BCUT2D eigenvalue weighted by molar-refractivity contribution is 6.34. The summed E-state index contributed by atoms with van der Waals surface area (Å²) in [6, 6.07) is 0. The van der Waals surface area contributed by atoms with Crippen molar-refractivity contribution in [1.82, 2.24) is 20.0 Å². The van der Waals surface area contributed by atoms with Gasteiger partial charge in [-0.15, -0.1) is 0 Å². The van der Waals surface area contributed by atoms with Crippen molar-refractivity contribution in [2.45, 2.75) is 19.8 Å². The van der Waals surface area contributed by atoms with Crippen molar-refractivity contribution < 1.29 is 4.79 Å². The molecule has 1 N–H and O–H groups in total. The Labute approximate surface area is 115 Å². The Bertz CT molecular complexity index is 645. The molecule has 2 aromatic rings. The second kappa shape index (κ2) is 4.38. The number of aromatic amines is 1. The number of carbonyl (C=O) groups is 1. The van der Waals surface area contributed by atoms with E-state index in [1.807, 2.05) is 6.92 Å². The van der Waals surface area contributed by atoms with Crippen molar-refractivity contribution in [3.8, 4) is 0 Å². The maximum Gasteiger partial charge on any atom is 0.280 e. The molecular weight excluding hydrogens is 266 g/mol. The number of carbonyl (C=O) groups excluding carboxylic acids is 1. The number of amides is 1. The average molecular weight is 280 g/mol. The van der Waals surface area contributed by atoms with Crippen molar-refractivity contribution in [2.75, 3.05) is 11.4 Å². The van der Waals surface area contributed by atoms with Gasteiger partial charge >= 0.3 is 0 Å². The predicted octanol–water partition coefficient (Wildman–Crippen LogP) is 1.70. The number of fused-ring (bicyclic) bond motifs is 1. The summed E-state index contributed by atoms with van der Waals surface area (Å²) in [6.45, 7) is 2.50. The normalized spacial score (nSPS) is 14.6. The van der Waals surface area contributed by atoms with Gasteiger partial charge in [0.2, 0.25) is 0 Å². The lowest BCUT2D eigenvalue weighted by Gasteiger charge is -2.25. The fourth-order valence-electron chi connectivity index (χ4n) is 2.32. The minimum absolute atomic E-state index is 0.170. The molecule has 0 unspecified atom stereocenters. The van der Waals surface area contributed by atoms with Crippen LogP contribution in [-0.2, 0) is 13.5 Å². The summed E-state index contributed by atoms with van der Waals surface area (Å²) in [5.74, 6) is -0.170. The van der Waals surface area contributed by atoms with Gasteiger partial charge in [-0.2, -0.15) is 10.2 Å². The molecule has 6 nitrogen and oxygen atoms in total. The van der Waals surface area contributed by atoms with E-state index in [0.29, 0.717) is 17.3 Å². The molecule has 2 aromatic heterocycles. The highest BCUT2D eigenvalue weighted by Crippen LogP contribution is 2.28. The molecule has 19 heavy (non-hydrogen) atoms. The van der Waals surface area contributed by atoms with Crippen molar-refractivity contribution in [1.29, 1.82) is 0 Å². The van der Waals surface area contributed by atoms with Crippen LogP contribution in [0.2, 0.25) is 5.02 Å². The van der Waals surface area contributed by atoms with Gasteiger partial charge in [0.15, 0.2) is 5.69 Å². The fourth-order valence-corrected chi connectivity index (χ4v) is 2.56. The first-order valence-electron chi connectivity index (χ1n) is 6.13. The molecular formula is C12H14ClN5O. The molecule has 0 spiro atoms. The Morgan fingerprint density at radius 1 is 1.53 bits per heavy atom. The van der Waals surface area contributed by atoms with Gasteiger partial charge in [-0.05, 0) is 19.8 Å². The van der Waals surface area contributed by atoms with Crippen LogP contribution in [0.4, 0.5) is 5.69 Å². The summed E-state index contributed by atoms with van der Waals surface area (Å²) in [7, 11) is 1.78. The number of anilines is 1. The van der Waals surface area contributed by atoms with Crippen molar-refractivity contribution in [2.24, 2.45) is 7.05 Å². The SMILES string of the molecule is Cc1c(Cl)c(C(=O)N2CCCc3[nH]ncc32)nn1C. The highest BCUT2D eigenvalue weighted by Gasteiger charge is 2.29. The number of H-pyrrole nitrogens is 1. The lowest BCUT2D eigenvalue weighted by Crippen LogP contribution is -2.35. The molecule has 0 atom stereocenters. The quantitative estimate of drug-likeness (QED) is 0.864. The third kappa shape index (κ3) is 1.83. The molecule has 100 valence electrons. The third-order valence-corrected chi connectivity index (χ3v) is 3.96. The van der Waals surface area contributed by atoms with E-state index in [2.05, 4.69) is 15.3 Å². The van der Waals surface area contributed by atoms with Crippen molar-refractivity contribution in [3.05, 3.63) is 28.3 Å². The lowest BCUT2D eigenvalue weighted by molar-refractivity contribution is 0.0979. The molecule has 1 aliphatic rings. The smallest absolute Gasteiger partial charge is 0.280 e. The molecule has 7 heteroatoms. The highest BCUT2D eigenvalue weighted by atomic mass is 35.5. The molecule has 0 radical (unpaired) electrons. The minimum Gasteiger partial charge on any atom is -0.304 e. The number of nitrogens with one attached hydrogen (secondary N) is 1. The van der Waals surface area contributed by atoms with E-state index in [4.69, 9.17) is 11.6 Å². The Balaban J connectivity index is 2.00. The van der Waals surface area contributed by atoms with Gasteiger partial charge in [-0.3, -0.25) is 14.6 Å². The van der Waals surface area contributed by atoms with Crippen LogP contribution >= 0.6 is 11.6 Å². The van der Waals surface area contributed by atoms with Crippen LogP contribution in [0.3, 0.4) is 0 Å². The van der Waals surface area contributed by atoms with Crippen LogP contribution in [-0.4, -0.2) is 32.4 Å². The molecule has 1 aliphatic heterocycles.